The molecule has 2 bridgehead atoms. The molecule has 2 atom stereocenters. The van der Waals surface area contributed by atoms with Gasteiger partial charge in [0, 0.05) is 0 Å². The molecule has 1 saturated heterocycles. The van der Waals surface area contributed by atoms with Crippen LogP contribution in [-0.2, 0) is 14.3 Å². The van der Waals surface area contributed by atoms with Crippen molar-refractivity contribution in [3.63, 3.8) is 0 Å². The monoisotopic (exact) mass is 212 g/mol. The quantitative estimate of drug-likeness (QED) is 0.707. The van der Waals surface area contributed by atoms with Gasteiger partial charge in [0.1, 0.15) is 0 Å². The minimum absolute atomic E-state index is 0.0937. The number of ether oxygens (including phenoxy) is 1. The second kappa shape index (κ2) is 2.61. The van der Waals surface area contributed by atoms with Crippen molar-refractivity contribution in [2.24, 2.45) is 0 Å². The van der Waals surface area contributed by atoms with E-state index in [0.29, 0.717) is 12.8 Å². The molecule has 0 spiro atoms. The van der Waals surface area contributed by atoms with Crippen molar-refractivity contribution in [1.29, 1.82) is 0 Å². The molecule has 5 heteroatoms. The number of hydrogen-bond acceptors (Lipinski definition) is 3. The Labute approximate surface area is 86.3 Å². The minimum Gasteiger partial charge on any atom is -0.478 e. The van der Waals surface area contributed by atoms with Crippen LogP contribution in [0.1, 0.15) is 26.7 Å². The zero-order chi connectivity index (χ0) is 11.4. The summed E-state index contributed by atoms with van der Waals surface area (Å²) in [5.74, 6) is -2.39. The summed E-state index contributed by atoms with van der Waals surface area (Å²) in [4.78, 5) is 22.1. The molecule has 0 aromatic heterocycles. The molecule has 0 aliphatic carbocycles. The minimum atomic E-state index is -1.20. The smallest absolute Gasteiger partial charge is 0.335 e. The van der Waals surface area contributed by atoms with Crippen LogP contribution >= 0.6 is 0 Å². The summed E-state index contributed by atoms with van der Waals surface area (Å²) >= 11 is 0. The summed E-state index contributed by atoms with van der Waals surface area (Å²) in [6.45, 7) is 3.27. The second-order valence-electron chi connectivity index (χ2n) is 4.42. The number of aliphatic carboxylic acids is 2. The van der Waals surface area contributed by atoms with Crippen molar-refractivity contribution in [2.45, 2.75) is 37.9 Å². The first-order valence-electron chi connectivity index (χ1n) is 4.72. The molecule has 2 aliphatic heterocycles. The van der Waals surface area contributed by atoms with Crippen molar-refractivity contribution >= 4 is 11.9 Å². The summed E-state index contributed by atoms with van der Waals surface area (Å²) in [6, 6.07) is 0. The molecule has 0 saturated carbocycles. The van der Waals surface area contributed by atoms with Gasteiger partial charge < -0.3 is 14.9 Å². The maximum absolute atomic E-state index is 11.1. The van der Waals surface area contributed by atoms with Crippen LogP contribution < -0.4 is 0 Å². The largest absolute Gasteiger partial charge is 0.478 e. The third kappa shape index (κ3) is 1.13. The standard InChI is InChI=1S/C10H12O5/c1-9-3-4-10(2,15-9)6(8(13)14)5(9)7(11)12/h3-4H2,1-2H3,(H,11,12)(H,13,14). The predicted molar refractivity (Wildman–Crippen MR) is 49.4 cm³/mol. The lowest BCUT2D eigenvalue weighted by Crippen LogP contribution is -2.31. The average Bonchev–Trinajstić information content (AvgIpc) is 2.49. The number of rotatable bonds is 2. The van der Waals surface area contributed by atoms with Crippen LogP contribution in [0.4, 0.5) is 0 Å². The lowest BCUT2D eigenvalue weighted by molar-refractivity contribution is -0.136. The zero-order valence-electron chi connectivity index (χ0n) is 8.53. The molecule has 2 N–H and O–H groups in total. The van der Waals surface area contributed by atoms with Gasteiger partial charge in [-0.1, -0.05) is 0 Å². The van der Waals surface area contributed by atoms with Crippen molar-refractivity contribution in [1.82, 2.24) is 0 Å². The number of carbonyl (C=O) groups is 2. The molecule has 0 radical (unpaired) electrons. The number of carboxylic acid groups (broad SMARTS) is 2. The highest BCUT2D eigenvalue weighted by atomic mass is 16.5. The van der Waals surface area contributed by atoms with Crippen molar-refractivity contribution in [3.05, 3.63) is 11.1 Å². The van der Waals surface area contributed by atoms with E-state index in [1.807, 2.05) is 0 Å². The second-order valence-corrected chi connectivity index (χ2v) is 4.42. The van der Waals surface area contributed by atoms with Crippen molar-refractivity contribution in [2.75, 3.05) is 0 Å². The zero-order valence-corrected chi connectivity index (χ0v) is 8.53. The van der Waals surface area contributed by atoms with Gasteiger partial charge in [0.25, 0.3) is 0 Å². The highest BCUT2D eigenvalue weighted by molar-refractivity contribution is 6.03. The summed E-state index contributed by atoms with van der Waals surface area (Å²) in [5.41, 5.74) is -2.06. The van der Waals surface area contributed by atoms with Crippen molar-refractivity contribution in [3.8, 4) is 0 Å². The van der Waals surface area contributed by atoms with Gasteiger partial charge in [0.2, 0.25) is 0 Å². The Morgan fingerprint density at radius 3 is 1.67 bits per heavy atom. The third-order valence-corrected chi connectivity index (χ3v) is 3.27. The van der Waals surface area contributed by atoms with Crippen molar-refractivity contribution < 1.29 is 24.5 Å². The van der Waals surface area contributed by atoms with Crippen LogP contribution in [0.15, 0.2) is 11.1 Å². The molecule has 0 aromatic carbocycles. The van der Waals surface area contributed by atoms with E-state index in [-0.39, 0.29) is 11.1 Å². The van der Waals surface area contributed by atoms with Crippen LogP contribution in [0.3, 0.4) is 0 Å². The molecule has 2 heterocycles. The average molecular weight is 212 g/mol. The molecule has 15 heavy (non-hydrogen) atoms. The van der Waals surface area contributed by atoms with E-state index in [4.69, 9.17) is 14.9 Å². The lowest BCUT2D eigenvalue weighted by atomic mass is 9.78. The molecule has 82 valence electrons. The highest BCUT2D eigenvalue weighted by Gasteiger charge is 2.60. The molecule has 2 unspecified atom stereocenters. The fourth-order valence-electron chi connectivity index (χ4n) is 2.62. The summed E-state index contributed by atoms with van der Waals surface area (Å²) in [6.07, 6.45) is 1.11. The van der Waals surface area contributed by atoms with Crippen LogP contribution in [-0.4, -0.2) is 33.4 Å². The molecule has 1 fully saturated rings. The molecular weight excluding hydrogens is 200 g/mol. The van der Waals surface area contributed by atoms with Crippen LogP contribution in [0.2, 0.25) is 0 Å². The molecule has 0 aromatic rings. The predicted octanol–water partition coefficient (Wildman–Crippen LogP) is 0.794. The first-order valence-corrected chi connectivity index (χ1v) is 4.72. The van der Waals surface area contributed by atoms with E-state index in [0.717, 1.165) is 0 Å². The number of hydrogen-bond donors (Lipinski definition) is 2. The van der Waals surface area contributed by atoms with Gasteiger partial charge in [-0.2, -0.15) is 0 Å². The maximum atomic E-state index is 11.1. The van der Waals surface area contributed by atoms with Gasteiger partial charge in [0.15, 0.2) is 0 Å². The van der Waals surface area contributed by atoms with Gasteiger partial charge >= 0.3 is 11.9 Å². The van der Waals surface area contributed by atoms with Gasteiger partial charge in [-0.05, 0) is 26.7 Å². The Bertz CT molecular complexity index is 361. The molecule has 5 nitrogen and oxygen atoms in total. The Balaban J connectivity index is 2.65. The highest BCUT2D eigenvalue weighted by Crippen LogP contribution is 2.53. The molecule has 0 amide bonds. The Morgan fingerprint density at radius 2 is 1.40 bits per heavy atom. The third-order valence-electron chi connectivity index (χ3n) is 3.27. The fraction of sp³-hybridized carbons (Fsp3) is 0.600. The van der Waals surface area contributed by atoms with Gasteiger partial charge in [-0.25, -0.2) is 9.59 Å². The topological polar surface area (TPSA) is 83.8 Å². The first-order chi connectivity index (χ1) is 6.80. The van der Waals surface area contributed by atoms with Crippen LogP contribution in [0, 0.1) is 0 Å². The number of fused-ring (bicyclic) bond motifs is 2. The Hall–Kier alpha value is -1.36. The first kappa shape index (κ1) is 10.2. The van der Waals surface area contributed by atoms with E-state index in [1.165, 1.54) is 0 Å². The summed E-state index contributed by atoms with van der Waals surface area (Å²) < 4.78 is 5.56. The summed E-state index contributed by atoms with van der Waals surface area (Å²) in [7, 11) is 0. The van der Waals surface area contributed by atoms with E-state index < -0.39 is 23.1 Å². The lowest BCUT2D eigenvalue weighted by Gasteiger charge is -2.20. The van der Waals surface area contributed by atoms with E-state index in [1.54, 1.807) is 13.8 Å². The Morgan fingerprint density at radius 1 is 1.07 bits per heavy atom. The fourth-order valence-corrected chi connectivity index (χ4v) is 2.62. The summed E-state index contributed by atoms with van der Waals surface area (Å²) in [5, 5.41) is 18.1. The van der Waals surface area contributed by atoms with E-state index >= 15 is 0 Å². The van der Waals surface area contributed by atoms with Crippen LogP contribution in [0.25, 0.3) is 0 Å². The van der Waals surface area contributed by atoms with Gasteiger partial charge in [-0.15, -0.1) is 0 Å². The Kier molecular flexibility index (Phi) is 1.77. The molecule has 2 rings (SSSR count). The van der Waals surface area contributed by atoms with E-state index in [2.05, 4.69) is 0 Å². The van der Waals surface area contributed by atoms with Gasteiger partial charge in [-0.3, -0.25) is 0 Å². The maximum Gasteiger partial charge on any atom is 0.335 e. The normalized spacial score (nSPS) is 38.5. The molecular formula is C10H12O5. The molecule has 2 aliphatic rings. The SMILES string of the molecule is CC12CCC(C)(O1)C(C(=O)O)=C2C(=O)O. The number of carboxylic acids is 2. The van der Waals surface area contributed by atoms with E-state index in [9.17, 15) is 9.59 Å². The van der Waals surface area contributed by atoms with Crippen LogP contribution in [0.5, 0.6) is 0 Å². The van der Waals surface area contributed by atoms with Gasteiger partial charge in [0.05, 0.1) is 22.3 Å².